The van der Waals surface area contributed by atoms with Crippen LogP contribution >= 0.6 is 0 Å². The Hall–Kier alpha value is -1.42. The molecule has 0 aliphatic rings. The van der Waals surface area contributed by atoms with Gasteiger partial charge >= 0.3 is 5.97 Å². The van der Waals surface area contributed by atoms with Gasteiger partial charge in [0.25, 0.3) is 0 Å². The molecule has 0 aromatic heterocycles. The fourth-order valence-electron chi connectivity index (χ4n) is 0.988. The van der Waals surface area contributed by atoms with Crippen LogP contribution in [0.3, 0.4) is 0 Å². The molecule has 1 unspecified atom stereocenters. The van der Waals surface area contributed by atoms with Crippen LogP contribution in [0.25, 0.3) is 0 Å². The molecule has 13 heavy (non-hydrogen) atoms. The fourth-order valence-corrected chi connectivity index (χ4v) is 0.988. The zero-order valence-electron chi connectivity index (χ0n) is 7.12. The highest BCUT2D eigenvalue weighted by molar-refractivity contribution is 5.87. The maximum Gasteiger partial charge on any atom is 0.338 e. The third-order valence-electron chi connectivity index (χ3n) is 1.75. The average Bonchev–Trinajstić information content (AvgIpc) is 2.03. The van der Waals surface area contributed by atoms with Gasteiger partial charge in [-0.05, 0) is 24.6 Å². The van der Waals surface area contributed by atoms with Crippen LogP contribution < -0.4 is 5.73 Å². The molecule has 4 heteroatoms. The van der Waals surface area contributed by atoms with E-state index in [2.05, 4.69) is 0 Å². The van der Waals surface area contributed by atoms with E-state index >= 15 is 0 Å². The van der Waals surface area contributed by atoms with Gasteiger partial charge in [-0.15, -0.1) is 0 Å². The predicted octanol–water partition coefficient (Wildman–Crippen LogP) is 1.54. The summed E-state index contributed by atoms with van der Waals surface area (Å²) >= 11 is 0. The molecule has 3 N–H and O–H groups in total. The van der Waals surface area contributed by atoms with Crippen molar-refractivity contribution in [1.29, 1.82) is 0 Å². The van der Waals surface area contributed by atoms with Crippen molar-refractivity contribution in [3.63, 3.8) is 0 Å². The molecule has 1 atom stereocenters. The first-order valence-electron chi connectivity index (χ1n) is 3.80. The Bertz CT molecular complexity index is 336. The molecule has 0 saturated carbocycles. The minimum Gasteiger partial charge on any atom is -0.478 e. The summed E-state index contributed by atoms with van der Waals surface area (Å²) in [5.74, 6) is -2.02. The predicted molar refractivity (Wildman–Crippen MR) is 46.0 cm³/mol. The van der Waals surface area contributed by atoms with E-state index in [0.29, 0.717) is 5.56 Å². The molecule has 0 radical (unpaired) electrons. The van der Waals surface area contributed by atoms with Crippen molar-refractivity contribution in [3.8, 4) is 0 Å². The normalized spacial score (nSPS) is 12.5. The van der Waals surface area contributed by atoms with Gasteiger partial charge in [0, 0.05) is 6.04 Å². The summed E-state index contributed by atoms with van der Waals surface area (Å²) in [4.78, 5) is 10.4. The summed E-state index contributed by atoms with van der Waals surface area (Å²) in [6.07, 6.45) is 0. The lowest BCUT2D eigenvalue weighted by molar-refractivity contribution is 0.0692. The van der Waals surface area contributed by atoms with Crippen molar-refractivity contribution in [1.82, 2.24) is 0 Å². The third kappa shape index (κ3) is 2.03. The van der Waals surface area contributed by atoms with Crippen LogP contribution in [0.5, 0.6) is 0 Å². The lowest BCUT2D eigenvalue weighted by atomic mass is 10.1. The van der Waals surface area contributed by atoms with E-state index in [0.717, 1.165) is 6.07 Å². The average molecular weight is 183 g/mol. The highest BCUT2D eigenvalue weighted by Gasteiger charge is 2.11. The van der Waals surface area contributed by atoms with E-state index in [1.165, 1.54) is 12.1 Å². The topological polar surface area (TPSA) is 63.3 Å². The molecular weight excluding hydrogens is 173 g/mol. The third-order valence-corrected chi connectivity index (χ3v) is 1.75. The number of halogens is 1. The van der Waals surface area contributed by atoms with Gasteiger partial charge in [-0.25, -0.2) is 9.18 Å². The van der Waals surface area contributed by atoms with Gasteiger partial charge in [0.05, 0.1) is 5.56 Å². The Kier molecular flexibility index (Phi) is 2.63. The fraction of sp³-hybridized carbons (Fsp3) is 0.222. The van der Waals surface area contributed by atoms with Gasteiger partial charge < -0.3 is 10.8 Å². The van der Waals surface area contributed by atoms with Crippen molar-refractivity contribution >= 4 is 5.97 Å². The molecule has 70 valence electrons. The highest BCUT2D eigenvalue weighted by atomic mass is 19.1. The number of rotatable bonds is 2. The van der Waals surface area contributed by atoms with E-state index in [-0.39, 0.29) is 11.6 Å². The molecule has 0 fully saturated rings. The molecule has 1 rings (SSSR count). The summed E-state index contributed by atoms with van der Waals surface area (Å²) in [7, 11) is 0. The molecule has 3 nitrogen and oxygen atoms in total. The molecule has 0 bridgehead atoms. The van der Waals surface area contributed by atoms with Crippen LogP contribution in [0.1, 0.15) is 28.9 Å². The molecular formula is C9H10FNO2. The smallest absolute Gasteiger partial charge is 0.338 e. The highest BCUT2D eigenvalue weighted by Crippen LogP contribution is 2.14. The number of carbonyl (C=O) groups is 1. The summed E-state index contributed by atoms with van der Waals surface area (Å²) in [5, 5.41) is 8.52. The molecule has 0 saturated heterocycles. The molecule has 0 heterocycles. The number of aromatic carboxylic acids is 1. The number of hydrogen-bond donors (Lipinski definition) is 2. The first-order valence-corrected chi connectivity index (χ1v) is 3.80. The summed E-state index contributed by atoms with van der Waals surface area (Å²) in [5.41, 5.74) is 5.75. The zero-order chi connectivity index (χ0) is 10.0. The second-order valence-electron chi connectivity index (χ2n) is 2.83. The maximum absolute atomic E-state index is 13.0. The standard InChI is InChI=1S/C9H10FNO2/c1-5(11)6-2-3-7(9(12)13)8(10)4-6/h2-5H,11H2,1H3,(H,12,13). The van der Waals surface area contributed by atoms with E-state index in [9.17, 15) is 9.18 Å². The van der Waals surface area contributed by atoms with E-state index in [1.54, 1.807) is 6.92 Å². The van der Waals surface area contributed by atoms with Crippen molar-refractivity contribution in [2.75, 3.05) is 0 Å². The van der Waals surface area contributed by atoms with Crippen molar-refractivity contribution in [2.24, 2.45) is 5.73 Å². The summed E-state index contributed by atoms with van der Waals surface area (Å²) in [6.45, 7) is 1.70. The molecule has 0 aliphatic heterocycles. The lowest BCUT2D eigenvalue weighted by Gasteiger charge is -2.06. The summed E-state index contributed by atoms with van der Waals surface area (Å²) in [6, 6.07) is 3.58. The number of carboxylic acid groups (broad SMARTS) is 1. The van der Waals surface area contributed by atoms with Gasteiger partial charge in [-0.2, -0.15) is 0 Å². The Morgan fingerprint density at radius 1 is 1.62 bits per heavy atom. The monoisotopic (exact) mass is 183 g/mol. The second-order valence-corrected chi connectivity index (χ2v) is 2.83. The van der Waals surface area contributed by atoms with Crippen LogP contribution in [0, 0.1) is 5.82 Å². The first-order chi connectivity index (χ1) is 6.02. The molecule has 0 aliphatic carbocycles. The van der Waals surface area contributed by atoms with Crippen LogP contribution in [0.15, 0.2) is 18.2 Å². The minimum atomic E-state index is -1.27. The van der Waals surface area contributed by atoms with Gasteiger partial charge in [0.1, 0.15) is 5.82 Å². The van der Waals surface area contributed by atoms with Crippen molar-refractivity contribution < 1.29 is 14.3 Å². The Balaban J connectivity index is 3.13. The van der Waals surface area contributed by atoms with Crippen LogP contribution in [0.2, 0.25) is 0 Å². The van der Waals surface area contributed by atoms with E-state index in [1.807, 2.05) is 0 Å². The van der Waals surface area contributed by atoms with Crippen molar-refractivity contribution in [2.45, 2.75) is 13.0 Å². The van der Waals surface area contributed by atoms with Gasteiger partial charge in [0.2, 0.25) is 0 Å². The Morgan fingerprint density at radius 3 is 2.62 bits per heavy atom. The van der Waals surface area contributed by atoms with Crippen LogP contribution in [0.4, 0.5) is 4.39 Å². The first kappa shape index (κ1) is 9.67. The quantitative estimate of drug-likeness (QED) is 0.731. The van der Waals surface area contributed by atoms with Crippen molar-refractivity contribution in [3.05, 3.63) is 35.1 Å². The largest absolute Gasteiger partial charge is 0.478 e. The number of hydrogen-bond acceptors (Lipinski definition) is 2. The SMILES string of the molecule is CC(N)c1ccc(C(=O)O)c(F)c1. The number of benzene rings is 1. The summed E-state index contributed by atoms with van der Waals surface area (Å²) < 4.78 is 13.0. The minimum absolute atomic E-state index is 0.294. The Labute approximate surface area is 75.0 Å². The molecule has 1 aromatic carbocycles. The van der Waals surface area contributed by atoms with Gasteiger partial charge in [0.15, 0.2) is 0 Å². The molecule has 0 spiro atoms. The molecule has 1 aromatic rings. The second kappa shape index (κ2) is 3.53. The number of nitrogens with two attached hydrogens (primary N) is 1. The number of carboxylic acids is 1. The Morgan fingerprint density at radius 2 is 2.23 bits per heavy atom. The van der Waals surface area contributed by atoms with Crippen LogP contribution in [-0.4, -0.2) is 11.1 Å². The van der Waals surface area contributed by atoms with E-state index < -0.39 is 11.8 Å². The van der Waals surface area contributed by atoms with E-state index in [4.69, 9.17) is 10.8 Å². The van der Waals surface area contributed by atoms with Crippen LogP contribution in [-0.2, 0) is 0 Å². The zero-order valence-corrected chi connectivity index (χ0v) is 7.12. The lowest BCUT2D eigenvalue weighted by Crippen LogP contribution is -2.07. The molecule has 0 amide bonds. The maximum atomic E-state index is 13.0. The van der Waals surface area contributed by atoms with Gasteiger partial charge in [-0.1, -0.05) is 6.07 Å². The van der Waals surface area contributed by atoms with Gasteiger partial charge in [-0.3, -0.25) is 0 Å².